The van der Waals surface area contributed by atoms with Gasteiger partial charge in [0.1, 0.15) is 5.82 Å². The van der Waals surface area contributed by atoms with Crippen molar-refractivity contribution in [2.24, 2.45) is 0 Å². The lowest BCUT2D eigenvalue weighted by molar-refractivity contribution is -0.119. The van der Waals surface area contributed by atoms with Crippen molar-refractivity contribution in [3.8, 4) is 11.1 Å². The van der Waals surface area contributed by atoms with Crippen molar-refractivity contribution in [1.82, 2.24) is 10.3 Å². The summed E-state index contributed by atoms with van der Waals surface area (Å²) in [7, 11) is 0. The van der Waals surface area contributed by atoms with E-state index in [2.05, 4.69) is 15.6 Å². The van der Waals surface area contributed by atoms with Crippen molar-refractivity contribution in [1.29, 1.82) is 0 Å². The largest absolute Gasteiger partial charge is 0.352 e. The average Bonchev–Trinajstić information content (AvgIpc) is 2.68. The summed E-state index contributed by atoms with van der Waals surface area (Å²) in [4.78, 5) is 27.6. The maximum atomic E-state index is 12.3. The molecule has 0 radical (unpaired) electrons. The molecule has 0 unspecified atom stereocenters. The maximum Gasteiger partial charge on any atom is 0.256 e. The lowest BCUT2D eigenvalue weighted by Crippen LogP contribution is -2.19. The smallest absolute Gasteiger partial charge is 0.256 e. The van der Waals surface area contributed by atoms with Gasteiger partial charge in [-0.05, 0) is 35.4 Å². The van der Waals surface area contributed by atoms with Crippen LogP contribution in [0.2, 0.25) is 0 Å². The monoisotopic (exact) mass is 345 g/mol. The zero-order chi connectivity index (χ0) is 18.4. The Labute approximate surface area is 152 Å². The zero-order valence-electron chi connectivity index (χ0n) is 14.4. The highest BCUT2D eigenvalue weighted by atomic mass is 16.2. The van der Waals surface area contributed by atoms with Gasteiger partial charge in [-0.15, -0.1) is 0 Å². The molecule has 3 rings (SSSR count). The van der Waals surface area contributed by atoms with Crippen LogP contribution in [0.15, 0.2) is 72.9 Å². The lowest BCUT2D eigenvalue weighted by atomic mass is 10.1. The molecule has 0 saturated carbocycles. The molecule has 0 spiro atoms. The fourth-order valence-corrected chi connectivity index (χ4v) is 2.46. The van der Waals surface area contributed by atoms with Crippen LogP contribution in [0.4, 0.5) is 5.82 Å². The molecular weight excluding hydrogens is 326 g/mol. The van der Waals surface area contributed by atoms with Gasteiger partial charge in [-0.3, -0.25) is 9.59 Å². The number of nitrogens with zero attached hydrogens (tertiary/aromatic N) is 1. The Morgan fingerprint density at radius 3 is 2.23 bits per heavy atom. The Morgan fingerprint density at radius 1 is 0.885 bits per heavy atom. The third-order valence-corrected chi connectivity index (χ3v) is 3.87. The van der Waals surface area contributed by atoms with Crippen molar-refractivity contribution in [3.05, 3.63) is 84.1 Å². The van der Waals surface area contributed by atoms with Gasteiger partial charge in [0, 0.05) is 30.8 Å². The molecule has 0 fully saturated rings. The summed E-state index contributed by atoms with van der Waals surface area (Å²) in [5, 5.41) is 5.51. The normalized spacial score (nSPS) is 10.2. The Balaban J connectivity index is 1.63. The number of hydrogen-bond acceptors (Lipinski definition) is 3. The van der Waals surface area contributed by atoms with Gasteiger partial charge in [0.25, 0.3) is 5.91 Å². The van der Waals surface area contributed by atoms with Gasteiger partial charge in [-0.1, -0.05) is 42.5 Å². The van der Waals surface area contributed by atoms with E-state index in [0.29, 0.717) is 17.9 Å². The van der Waals surface area contributed by atoms with E-state index < -0.39 is 0 Å². The molecule has 0 atom stereocenters. The first-order valence-electron chi connectivity index (χ1n) is 8.28. The second kappa shape index (κ2) is 8.07. The first kappa shape index (κ1) is 17.4. The van der Waals surface area contributed by atoms with E-state index in [4.69, 9.17) is 0 Å². The summed E-state index contributed by atoms with van der Waals surface area (Å²) in [5.41, 5.74) is 3.53. The molecule has 0 aliphatic rings. The number of amides is 2. The first-order valence-corrected chi connectivity index (χ1v) is 8.28. The Kier molecular flexibility index (Phi) is 5.39. The van der Waals surface area contributed by atoms with E-state index in [0.717, 1.165) is 16.7 Å². The first-order chi connectivity index (χ1) is 12.6. The van der Waals surface area contributed by atoms with Gasteiger partial charge >= 0.3 is 0 Å². The van der Waals surface area contributed by atoms with E-state index in [1.54, 1.807) is 24.4 Å². The number of pyridine rings is 1. The summed E-state index contributed by atoms with van der Waals surface area (Å²) in [6.07, 6.45) is 1.74. The molecule has 2 amide bonds. The molecule has 1 aromatic heterocycles. The highest BCUT2D eigenvalue weighted by Crippen LogP contribution is 2.19. The summed E-state index contributed by atoms with van der Waals surface area (Å²) in [6.45, 7) is 1.91. The number of aromatic nitrogens is 1. The molecule has 0 aliphatic heterocycles. The Hall–Kier alpha value is -3.47. The molecule has 1 heterocycles. The van der Waals surface area contributed by atoms with Crippen molar-refractivity contribution in [2.45, 2.75) is 13.5 Å². The molecule has 0 aliphatic carbocycles. The SMILES string of the molecule is CC(=O)NCc1ccc(C(=O)Nc2ccc(-c3ccccc3)cn2)cc1. The van der Waals surface area contributed by atoms with Crippen LogP contribution >= 0.6 is 0 Å². The minimum absolute atomic E-state index is 0.0863. The van der Waals surface area contributed by atoms with Crippen LogP contribution in [0.5, 0.6) is 0 Å². The van der Waals surface area contributed by atoms with Crippen molar-refractivity contribution in [3.63, 3.8) is 0 Å². The van der Waals surface area contributed by atoms with Gasteiger partial charge in [-0.25, -0.2) is 4.98 Å². The second-order valence-electron chi connectivity index (χ2n) is 5.86. The summed E-state index contributed by atoms with van der Waals surface area (Å²) < 4.78 is 0. The fraction of sp³-hybridized carbons (Fsp3) is 0.0952. The molecule has 0 bridgehead atoms. The van der Waals surface area contributed by atoms with Crippen molar-refractivity contribution >= 4 is 17.6 Å². The van der Waals surface area contributed by atoms with E-state index in [1.165, 1.54) is 6.92 Å². The highest BCUT2D eigenvalue weighted by Gasteiger charge is 2.07. The van der Waals surface area contributed by atoms with Crippen LogP contribution < -0.4 is 10.6 Å². The molecule has 26 heavy (non-hydrogen) atoms. The predicted octanol–water partition coefficient (Wildman–Crippen LogP) is 3.64. The summed E-state index contributed by atoms with van der Waals surface area (Å²) >= 11 is 0. The molecule has 5 nitrogen and oxygen atoms in total. The molecular formula is C21H19N3O2. The van der Waals surface area contributed by atoms with Crippen molar-refractivity contribution in [2.75, 3.05) is 5.32 Å². The Morgan fingerprint density at radius 2 is 1.62 bits per heavy atom. The number of carbonyl (C=O) groups excluding carboxylic acids is 2. The number of hydrogen-bond donors (Lipinski definition) is 2. The number of nitrogens with one attached hydrogen (secondary N) is 2. The quantitative estimate of drug-likeness (QED) is 0.742. The van der Waals surface area contributed by atoms with Crippen LogP contribution in [0.3, 0.4) is 0 Å². The Bertz CT molecular complexity index is 889. The van der Waals surface area contributed by atoms with Crippen LogP contribution in [-0.2, 0) is 11.3 Å². The van der Waals surface area contributed by atoms with E-state index in [1.807, 2.05) is 48.5 Å². The van der Waals surface area contributed by atoms with Crippen LogP contribution in [0, 0.1) is 0 Å². The second-order valence-corrected chi connectivity index (χ2v) is 5.86. The van der Waals surface area contributed by atoms with E-state index in [-0.39, 0.29) is 11.8 Å². The standard InChI is InChI=1S/C21H19N3O2/c1-15(25)22-13-16-7-9-18(10-8-16)21(26)24-20-12-11-19(14-23-20)17-5-3-2-4-6-17/h2-12,14H,13H2,1H3,(H,22,25)(H,23,24,26). The summed E-state index contributed by atoms with van der Waals surface area (Å²) in [6, 6.07) is 20.7. The third-order valence-electron chi connectivity index (χ3n) is 3.87. The van der Waals surface area contributed by atoms with Crippen LogP contribution in [0.1, 0.15) is 22.8 Å². The van der Waals surface area contributed by atoms with Gasteiger partial charge in [0.15, 0.2) is 0 Å². The van der Waals surface area contributed by atoms with Gasteiger partial charge in [0.05, 0.1) is 0 Å². The van der Waals surface area contributed by atoms with Crippen molar-refractivity contribution < 1.29 is 9.59 Å². The number of carbonyl (C=O) groups is 2. The van der Waals surface area contributed by atoms with E-state index >= 15 is 0 Å². The van der Waals surface area contributed by atoms with Crippen LogP contribution in [-0.4, -0.2) is 16.8 Å². The number of benzene rings is 2. The minimum atomic E-state index is -0.226. The average molecular weight is 345 g/mol. The molecule has 5 heteroatoms. The minimum Gasteiger partial charge on any atom is -0.352 e. The molecule has 2 N–H and O–H groups in total. The molecule has 0 saturated heterocycles. The van der Waals surface area contributed by atoms with Gasteiger partial charge in [-0.2, -0.15) is 0 Å². The third kappa shape index (κ3) is 4.54. The predicted molar refractivity (Wildman–Crippen MR) is 102 cm³/mol. The van der Waals surface area contributed by atoms with Gasteiger partial charge < -0.3 is 10.6 Å². The molecule has 130 valence electrons. The van der Waals surface area contributed by atoms with Crippen LogP contribution in [0.25, 0.3) is 11.1 Å². The number of anilines is 1. The fourth-order valence-electron chi connectivity index (χ4n) is 2.46. The van der Waals surface area contributed by atoms with E-state index in [9.17, 15) is 9.59 Å². The topological polar surface area (TPSA) is 71.1 Å². The van der Waals surface area contributed by atoms with Gasteiger partial charge in [0.2, 0.25) is 5.91 Å². The highest BCUT2D eigenvalue weighted by molar-refractivity contribution is 6.03. The lowest BCUT2D eigenvalue weighted by Gasteiger charge is -2.07. The summed E-state index contributed by atoms with van der Waals surface area (Å²) in [5.74, 6) is 0.185. The molecule has 3 aromatic rings. The molecule has 2 aromatic carbocycles. The number of rotatable bonds is 5. The zero-order valence-corrected chi connectivity index (χ0v) is 14.4. The maximum absolute atomic E-state index is 12.3.